The maximum absolute atomic E-state index is 14.4. The average molecular weight is 513 g/mol. The maximum atomic E-state index is 14.4. The Morgan fingerprint density at radius 2 is 1.82 bits per heavy atom. The minimum Gasteiger partial charge on any atom is -0.376 e. The Labute approximate surface area is 220 Å². The SMILES string of the molecule is Cc1ccc(-n2cc(-c3ccccc3)nc2NC(=O)CN(C[C@@H]2CCCO2)C(=O)c2ccccc2)cc1F. The molecule has 7 nitrogen and oxygen atoms in total. The number of carbonyl (C=O) groups excluding carboxylic acids is 2. The molecule has 0 unspecified atom stereocenters. The molecule has 8 heteroatoms. The van der Waals surface area contributed by atoms with Gasteiger partial charge in [-0.1, -0.05) is 54.6 Å². The molecule has 3 aromatic carbocycles. The van der Waals surface area contributed by atoms with Gasteiger partial charge in [0.25, 0.3) is 5.91 Å². The molecule has 1 atom stereocenters. The lowest BCUT2D eigenvalue weighted by atomic mass is 10.1. The normalized spacial score (nSPS) is 14.8. The summed E-state index contributed by atoms with van der Waals surface area (Å²) in [6.45, 7) is 2.48. The van der Waals surface area contributed by atoms with Crippen LogP contribution in [0.4, 0.5) is 10.3 Å². The molecule has 2 amide bonds. The zero-order chi connectivity index (χ0) is 26.5. The summed E-state index contributed by atoms with van der Waals surface area (Å²) in [5.41, 5.74) is 3.02. The number of nitrogens with one attached hydrogen (secondary N) is 1. The third-order valence-corrected chi connectivity index (χ3v) is 6.55. The summed E-state index contributed by atoms with van der Waals surface area (Å²) in [4.78, 5) is 32.8. The number of hydrogen-bond donors (Lipinski definition) is 1. The van der Waals surface area contributed by atoms with Crippen LogP contribution >= 0.6 is 0 Å². The van der Waals surface area contributed by atoms with E-state index in [-0.39, 0.29) is 30.3 Å². The van der Waals surface area contributed by atoms with Crippen LogP contribution in [0.1, 0.15) is 28.8 Å². The third-order valence-electron chi connectivity index (χ3n) is 6.55. The van der Waals surface area contributed by atoms with Gasteiger partial charge in [-0.05, 0) is 49.6 Å². The van der Waals surface area contributed by atoms with Crippen LogP contribution in [0.25, 0.3) is 16.9 Å². The average Bonchev–Trinajstić information content (AvgIpc) is 3.61. The fourth-order valence-electron chi connectivity index (χ4n) is 4.50. The van der Waals surface area contributed by atoms with Gasteiger partial charge < -0.3 is 9.64 Å². The number of nitrogens with zero attached hydrogens (tertiary/aromatic N) is 3. The van der Waals surface area contributed by atoms with Crippen molar-refractivity contribution in [2.24, 2.45) is 0 Å². The molecule has 0 spiro atoms. The Morgan fingerprint density at radius 3 is 2.50 bits per heavy atom. The predicted molar refractivity (Wildman–Crippen MR) is 144 cm³/mol. The molecule has 1 aliphatic rings. The number of hydrogen-bond acceptors (Lipinski definition) is 4. The van der Waals surface area contributed by atoms with E-state index in [4.69, 9.17) is 4.74 Å². The minimum absolute atomic E-state index is 0.113. The number of aromatic nitrogens is 2. The number of carbonyl (C=O) groups is 2. The zero-order valence-electron chi connectivity index (χ0n) is 21.1. The van der Waals surface area contributed by atoms with Gasteiger partial charge in [-0.3, -0.25) is 19.5 Å². The summed E-state index contributed by atoms with van der Waals surface area (Å²) in [5, 5.41) is 2.85. The van der Waals surface area contributed by atoms with Crippen molar-refractivity contribution in [1.82, 2.24) is 14.5 Å². The first-order chi connectivity index (χ1) is 18.5. The fourth-order valence-corrected chi connectivity index (χ4v) is 4.50. The molecular formula is C30H29FN4O3. The summed E-state index contributed by atoms with van der Waals surface area (Å²) >= 11 is 0. The molecule has 4 aromatic rings. The van der Waals surface area contributed by atoms with Crippen LogP contribution in [-0.2, 0) is 9.53 Å². The zero-order valence-corrected chi connectivity index (χ0v) is 21.1. The number of benzene rings is 3. The summed E-state index contributed by atoms with van der Waals surface area (Å²) in [6.07, 6.45) is 3.41. The molecule has 0 saturated carbocycles. The second kappa shape index (κ2) is 11.4. The molecule has 2 heterocycles. The lowest BCUT2D eigenvalue weighted by Gasteiger charge is -2.25. The van der Waals surface area contributed by atoms with Gasteiger partial charge in [0.05, 0.1) is 17.5 Å². The van der Waals surface area contributed by atoms with E-state index in [1.54, 1.807) is 54.1 Å². The summed E-state index contributed by atoms with van der Waals surface area (Å²) in [5.74, 6) is -0.774. The third kappa shape index (κ3) is 5.81. The van der Waals surface area contributed by atoms with Crippen LogP contribution in [0, 0.1) is 12.7 Å². The van der Waals surface area contributed by atoms with Gasteiger partial charge in [-0.15, -0.1) is 0 Å². The Hall–Kier alpha value is -4.30. The number of rotatable bonds is 8. The molecule has 194 valence electrons. The first-order valence-electron chi connectivity index (χ1n) is 12.6. The quantitative estimate of drug-likeness (QED) is 0.350. The molecule has 5 rings (SSSR count). The largest absolute Gasteiger partial charge is 0.376 e. The number of ether oxygens (including phenoxy) is 1. The van der Waals surface area contributed by atoms with Crippen molar-refractivity contribution in [3.8, 4) is 16.9 Å². The van der Waals surface area contributed by atoms with Gasteiger partial charge in [0.2, 0.25) is 11.9 Å². The molecule has 1 saturated heterocycles. The van der Waals surface area contributed by atoms with Crippen molar-refractivity contribution in [2.75, 3.05) is 25.0 Å². The van der Waals surface area contributed by atoms with E-state index >= 15 is 0 Å². The van der Waals surface area contributed by atoms with E-state index in [1.165, 1.54) is 11.0 Å². The summed E-state index contributed by atoms with van der Waals surface area (Å²) < 4.78 is 21.8. The number of halogens is 1. The van der Waals surface area contributed by atoms with E-state index in [0.29, 0.717) is 35.7 Å². The van der Waals surface area contributed by atoms with Gasteiger partial charge in [-0.25, -0.2) is 9.37 Å². The van der Waals surface area contributed by atoms with Gasteiger partial charge in [0.15, 0.2) is 0 Å². The first kappa shape index (κ1) is 25.4. The van der Waals surface area contributed by atoms with E-state index in [0.717, 1.165) is 18.4 Å². The van der Waals surface area contributed by atoms with Crippen LogP contribution in [0.5, 0.6) is 0 Å². The van der Waals surface area contributed by atoms with Gasteiger partial charge in [0.1, 0.15) is 12.4 Å². The summed E-state index contributed by atoms with van der Waals surface area (Å²) in [6, 6.07) is 23.3. The molecule has 38 heavy (non-hydrogen) atoms. The second-order valence-corrected chi connectivity index (χ2v) is 9.35. The Kier molecular flexibility index (Phi) is 7.60. The Bertz CT molecular complexity index is 1420. The minimum atomic E-state index is -0.411. The molecule has 1 aromatic heterocycles. The highest BCUT2D eigenvalue weighted by atomic mass is 19.1. The molecule has 1 N–H and O–H groups in total. The number of amides is 2. The van der Waals surface area contributed by atoms with E-state index < -0.39 is 5.91 Å². The molecule has 0 bridgehead atoms. The van der Waals surface area contributed by atoms with Crippen LogP contribution in [0.2, 0.25) is 0 Å². The highest BCUT2D eigenvalue weighted by Crippen LogP contribution is 2.25. The standard InChI is InChI=1S/C30H29FN4O3/c1-21-14-15-24(17-26(21)31)35-19-27(22-9-4-2-5-10-22)32-30(35)33-28(36)20-34(18-25-13-8-16-38-25)29(37)23-11-6-3-7-12-23/h2-7,9-12,14-15,17,19,25H,8,13,16,18,20H2,1H3,(H,32,33,36)/t25-/m0/s1. The maximum Gasteiger partial charge on any atom is 0.254 e. The lowest BCUT2D eigenvalue weighted by molar-refractivity contribution is -0.117. The van der Waals surface area contributed by atoms with Gasteiger partial charge in [0, 0.05) is 30.5 Å². The highest BCUT2D eigenvalue weighted by Gasteiger charge is 2.26. The monoisotopic (exact) mass is 512 g/mol. The van der Waals surface area contributed by atoms with Gasteiger partial charge in [-0.2, -0.15) is 0 Å². The lowest BCUT2D eigenvalue weighted by Crippen LogP contribution is -2.42. The van der Waals surface area contributed by atoms with Crippen molar-refractivity contribution in [1.29, 1.82) is 0 Å². The van der Waals surface area contributed by atoms with Crippen molar-refractivity contribution >= 4 is 17.8 Å². The van der Waals surface area contributed by atoms with Crippen LogP contribution in [0.15, 0.2) is 85.1 Å². The number of anilines is 1. The van der Waals surface area contributed by atoms with E-state index in [2.05, 4.69) is 10.3 Å². The molecule has 0 radical (unpaired) electrons. The smallest absolute Gasteiger partial charge is 0.254 e. The first-order valence-corrected chi connectivity index (χ1v) is 12.6. The van der Waals surface area contributed by atoms with Crippen molar-refractivity contribution in [3.63, 3.8) is 0 Å². The predicted octanol–water partition coefficient (Wildman–Crippen LogP) is 5.25. The van der Waals surface area contributed by atoms with E-state index in [9.17, 15) is 14.0 Å². The van der Waals surface area contributed by atoms with Crippen LogP contribution in [0.3, 0.4) is 0 Å². The van der Waals surface area contributed by atoms with Crippen molar-refractivity contribution in [3.05, 3.63) is 102 Å². The molecule has 1 fully saturated rings. The van der Waals surface area contributed by atoms with Gasteiger partial charge >= 0.3 is 0 Å². The fraction of sp³-hybridized carbons (Fsp3) is 0.233. The topological polar surface area (TPSA) is 76.5 Å². The van der Waals surface area contributed by atoms with Crippen molar-refractivity contribution < 1.29 is 18.7 Å². The highest BCUT2D eigenvalue weighted by molar-refractivity contribution is 5.99. The van der Waals surface area contributed by atoms with E-state index in [1.807, 2.05) is 36.4 Å². The number of aryl methyl sites for hydroxylation is 1. The molecule has 1 aliphatic heterocycles. The van der Waals surface area contributed by atoms with Crippen LogP contribution < -0.4 is 5.32 Å². The molecular weight excluding hydrogens is 483 g/mol. The van der Waals surface area contributed by atoms with Crippen molar-refractivity contribution in [2.45, 2.75) is 25.9 Å². The molecule has 0 aliphatic carbocycles. The Morgan fingerprint density at radius 1 is 1.08 bits per heavy atom. The second-order valence-electron chi connectivity index (χ2n) is 9.35. The summed E-state index contributed by atoms with van der Waals surface area (Å²) in [7, 11) is 0. The van der Waals surface area contributed by atoms with Crippen LogP contribution in [-0.4, -0.2) is 52.1 Å². The number of imidazole rings is 1. The Balaban J connectivity index is 1.42.